The van der Waals surface area contributed by atoms with E-state index in [1.165, 1.54) is 11.3 Å². The quantitative estimate of drug-likeness (QED) is 0.887. The Morgan fingerprint density at radius 1 is 1.38 bits per heavy atom. The van der Waals surface area contributed by atoms with Gasteiger partial charge in [-0.25, -0.2) is 4.39 Å². The molecule has 0 aliphatic heterocycles. The highest BCUT2D eigenvalue weighted by Gasteiger charge is 2.19. The summed E-state index contributed by atoms with van der Waals surface area (Å²) in [6.07, 6.45) is -0.908. The Balaban J connectivity index is 2.46. The normalized spacial score (nSPS) is 12.8. The SMILES string of the molecule is Cc1cccc(C(O)c2sccc2Br)c1F. The lowest BCUT2D eigenvalue weighted by atomic mass is 10.0. The number of hydrogen-bond donors (Lipinski definition) is 1. The largest absolute Gasteiger partial charge is 0.383 e. The molecule has 0 saturated carbocycles. The van der Waals surface area contributed by atoms with Crippen LogP contribution in [0.4, 0.5) is 4.39 Å². The summed E-state index contributed by atoms with van der Waals surface area (Å²) in [5.41, 5.74) is 0.868. The predicted octanol–water partition coefficient (Wildman–Crippen LogP) is 4.04. The van der Waals surface area contributed by atoms with Crippen LogP contribution in [0.1, 0.15) is 22.1 Å². The summed E-state index contributed by atoms with van der Waals surface area (Å²) in [6, 6.07) is 6.89. The Morgan fingerprint density at radius 2 is 2.12 bits per heavy atom. The standard InChI is InChI=1S/C12H10BrFOS/c1-7-3-2-4-8(10(7)14)11(15)12-9(13)5-6-16-12/h2-6,11,15H,1H3. The van der Waals surface area contributed by atoms with Gasteiger partial charge in [-0.1, -0.05) is 18.2 Å². The molecule has 16 heavy (non-hydrogen) atoms. The fourth-order valence-corrected chi connectivity index (χ4v) is 3.11. The molecule has 0 radical (unpaired) electrons. The number of aliphatic hydroxyl groups excluding tert-OH is 1. The van der Waals surface area contributed by atoms with Gasteiger partial charge < -0.3 is 5.11 Å². The second kappa shape index (κ2) is 4.65. The smallest absolute Gasteiger partial charge is 0.132 e. The first kappa shape index (κ1) is 11.8. The number of benzene rings is 1. The minimum Gasteiger partial charge on any atom is -0.383 e. The van der Waals surface area contributed by atoms with E-state index in [1.807, 2.05) is 11.4 Å². The summed E-state index contributed by atoms with van der Waals surface area (Å²) in [5, 5.41) is 12.0. The van der Waals surface area contributed by atoms with E-state index in [4.69, 9.17) is 0 Å². The van der Waals surface area contributed by atoms with Crippen molar-refractivity contribution in [2.24, 2.45) is 0 Å². The fourth-order valence-electron chi connectivity index (χ4n) is 1.52. The molecular formula is C12H10BrFOS. The summed E-state index contributed by atoms with van der Waals surface area (Å²) in [7, 11) is 0. The van der Waals surface area contributed by atoms with Gasteiger partial charge in [0.05, 0.1) is 4.88 Å². The van der Waals surface area contributed by atoms with Crippen molar-refractivity contribution in [3.8, 4) is 0 Å². The van der Waals surface area contributed by atoms with Crippen molar-refractivity contribution < 1.29 is 9.50 Å². The van der Waals surface area contributed by atoms with Gasteiger partial charge in [-0.3, -0.25) is 0 Å². The van der Waals surface area contributed by atoms with Gasteiger partial charge in [-0.15, -0.1) is 11.3 Å². The lowest BCUT2D eigenvalue weighted by Gasteiger charge is -2.12. The van der Waals surface area contributed by atoms with Crippen LogP contribution in [-0.2, 0) is 0 Å². The lowest BCUT2D eigenvalue weighted by Crippen LogP contribution is -2.02. The van der Waals surface area contributed by atoms with Gasteiger partial charge in [-0.2, -0.15) is 0 Å². The number of hydrogen-bond acceptors (Lipinski definition) is 2. The predicted molar refractivity (Wildman–Crippen MR) is 67.2 cm³/mol. The minimum absolute atomic E-state index is 0.322. The molecule has 0 amide bonds. The first-order valence-corrected chi connectivity index (χ1v) is 6.44. The van der Waals surface area contributed by atoms with E-state index in [0.29, 0.717) is 11.1 Å². The Hall–Kier alpha value is -0.710. The van der Waals surface area contributed by atoms with Crippen LogP contribution in [0.25, 0.3) is 0 Å². The van der Waals surface area contributed by atoms with E-state index in [0.717, 1.165) is 9.35 Å². The van der Waals surface area contributed by atoms with Crippen LogP contribution in [0.3, 0.4) is 0 Å². The molecule has 0 saturated heterocycles. The summed E-state index contributed by atoms with van der Waals surface area (Å²) >= 11 is 4.74. The molecule has 4 heteroatoms. The van der Waals surface area contributed by atoms with Crippen molar-refractivity contribution in [2.45, 2.75) is 13.0 Å². The molecular weight excluding hydrogens is 291 g/mol. The molecule has 2 aromatic rings. The molecule has 0 fully saturated rings. The van der Waals surface area contributed by atoms with E-state index in [1.54, 1.807) is 25.1 Å². The Bertz CT molecular complexity index is 509. The highest BCUT2D eigenvalue weighted by atomic mass is 79.9. The van der Waals surface area contributed by atoms with Gasteiger partial charge in [0, 0.05) is 10.0 Å². The van der Waals surface area contributed by atoms with Gasteiger partial charge in [-0.05, 0) is 39.9 Å². The van der Waals surface area contributed by atoms with Crippen molar-refractivity contribution in [3.63, 3.8) is 0 Å². The fraction of sp³-hybridized carbons (Fsp3) is 0.167. The molecule has 2 rings (SSSR count). The van der Waals surface area contributed by atoms with Gasteiger partial charge in [0.15, 0.2) is 0 Å². The van der Waals surface area contributed by atoms with Gasteiger partial charge in [0.2, 0.25) is 0 Å². The zero-order valence-electron chi connectivity index (χ0n) is 8.58. The molecule has 1 heterocycles. The van der Waals surface area contributed by atoms with Gasteiger partial charge in [0.25, 0.3) is 0 Å². The summed E-state index contributed by atoms with van der Waals surface area (Å²) < 4.78 is 14.6. The third-order valence-electron chi connectivity index (χ3n) is 2.41. The molecule has 0 bridgehead atoms. The summed E-state index contributed by atoms with van der Waals surface area (Å²) in [4.78, 5) is 0.726. The molecule has 1 aromatic carbocycles. The Morgan fingerprint density at radius 3 is 2.75 bits per heavy atom. The first-order chi connectivity index (χ1) is 7.61. The van der Waals surface area contributed by atoms with Crippen LogP contribution in [-0.4, -0.2) is 5.11 Å². The zero-order chi connectivity index (χ0) is 11.7. The average molecular weight is 301 g/mol. The molecule has 1 unspecified atom stereocenters. The van der Waals surface area contributed by atoms with Gasteiger partial charge in [0.1, 0.15) is 11.9 Å². The molecule has 1 aromatic heterocycles. The first-order valence-electron chi connectivity index (χ1n) is 4.77. The minimum atomic E-state index is -0.908. The van der Waals surface area contributed by atoms with Gasteiger partial charge >= 0.3 is 0 Å². The van der Waals surface area contributed by atoms with Crippen LogP contribution < -0.4 is 0 Å². The third kappa shape index (κ3) is 2.05. The van der Waals surface area contributed by atoms with E-state index < -0.39 is 6.10 Å². The topological polar surface area (TPSA) is 20.2 Å². The second-order valence-corrected chi connectivity index (χ2v) is 5.32. The highest BCUT2D eigenvalue weighted by Crippen LogP contribution is 2.34. The van der Waals surface area contributed by atoms with Crippen LogP contribution >= 0.6 is 27.3 Å². The Labute approximate surface area is 106 Å². The summed E-state index contributed by atoms with van der Waals surface area (Å²) in [6.45, 7) is 1.69. The number of thiophene rings is 1. The lowest BCUT2D eigenvalue weighted by molar-refractivity contribution is 0.218. The monoisotopic (exact) mass is 300 g/mol. The summed E-state index contributed by atoms with van der Waals surface area (Å²) in [5.74, 6) is -0.338. The van der Waals surface area contributed by atoms with Crippen molar-refractivity contribution in [2.75, 3.05) is 0 Å². The molecule has 1 N–H and O–H groups in total. The second-order valence-electron chi connectivity index (χ2n) is 3.51. The van der Waals surface area contributed by atoms with E-state index in [2.05, 4.69) is 15.9 Å². The average Bonchev–Trinajstić information content (AvgIpc) is 2.68. The third-order valence-corrected chi connectivity index (χ3v) is 4.33. The van der Waals surface area contributed by atoms with Crippen LogP contribution in [0.15, 0.2) is 34.1 Å². The van der Waals surface area contributed by atoms with Crippen LogP contribution in [0, 0.1) is 12.7 Å². The molecule has 0 aliphatic carbocycles. The van der Waals surface area contributed by atoms with Crippen molar-refractivity contribution in [1.82, 2.24) is 0 Å². The van der Waals surface area contributed by atoms with Crippen LogP contribution in [0.5, 0.6) is 0 Å². The number of aliphatic hydroxyl groups is 1. The molecule has 84 valence electrons. The zero-order valence-corrected chi connectivity index (χ0v) is 11.0. The Kier molecular flexibility index (Phi) is 3.42. The van der Waals surface area contributed by atoms with Crippen molar-refractivity contribution in [1.29, 1.82) is 0 Å². The van der Waals surface area contributed by atoms with E-state index in [9.17, 15) is 9.50 Å². The van der Waals surface area contributed by atoms with Crippen molar-refractivity contribution >= 4 is 27.3 Å². The highest BCUT2D eigenvalue weighted by molar-refractivity contribution is 9.10. The number of rotatable bonds is 2. The maximum absolute atomic E-state index is 13.8. The molecule has 1 nitrogen and oxygen atoms in total. The maximum Gasteiger partial charge on any atom is 0.132 e. The van der Waals surface area contributed by atoms with Crippen molar-refractivity contribution in [3.05, 3.63) is 55.9 Å². The number of aryl methyl sites for hydroxylation is 1. The molecule has 0 spiro atoms. The number of halogens is 2. The molecule has 0 aliphatic rings. The maximum atomic E-state index is 13.8. The van der Waals surface area contributed by atoms with E-state index in [-0.39, 0.29) is 5.82 Å². The molecule has 1 atom stereocenters. The van der Waals surface area contributed by atoms with Crippen LogP contribution in [0.2, 0.25) is 0 Å². The van der Waals surface area contributed by atoms with E-state index >= 15 is 0 Å².